The standard InChI is InChI=1S/C15H30N2/c1-12-10-14(3,4)7-8-15(12,11-16)17-9-5-6-13(17)2/h12-13H,5-11,16H2,1-4H3. The van der Waals surface area contributed by atoms with Crippen LogP contribution in [0, 0.1) is 11.3 Å². The lowest BCUT2D eigenvalue weighted by Gasteiger charge is -2.54. The van der Waals surface area contributed by atoms with E-state index in [1.54, 1.807) is 0 Å². The van der Waals surface area contributed by atoms with E-state index >= 15 is 0 Å². The Morgan fingerprint density at radius 1 is 1.24 bits per heavy atom. The molecule has 2 heteroatoms. The van der Waals surface area contributed by atoms with Gasteiger partial charge >= 0.3 is 0 Å². The van der Waals surface area contributed by atoms with Crippen molar-refractivity contribution in [2.75, 3.05) is 13.1 Å². The van der Waals surface area contributed by atoms with Gasteiger partial charge in [0.15, 0.2) is 0 Å². The van der Waals surface area contributed by atoms with Crippen molar-refractivity contribution in [2.45, 2.75) is 71.4 Å². The Labute approximate surface area is 107 Å². The molecule has 2 N–H and O–H groups in total. The Hall–Kier alpha value is -0.0800. The first-order chi connectivity index (χ1) is 7.91. The van der Waals surface area contributed by atoms with E-state index in [4.69, 9.17) is 5.73 Å². The first kappa shape index (κ1) is 13.4. The summed E-state index contributed by atoms with van der Waals surface area (Å²) in [6.45, 7) is 11.8. The highest BCUT2D eigenvalue weighted by Gasteiger charge is 2.48. The first-order valence-corrected chi connectivity index (χ1v) is 7.38. The van der Waals surface area contributed by atoms with E-state index in [2.05, 4.69) is 32.6 Å². The zero-order valence-electron chi connectivity index (χ0n) is 12.1. The molecule has 17 heavy (non-hydrogen) atoms. The van der Waals surface area contributed by atoms with E-state index in [0.29, 0.717) is 11.0 Å². The van der Waals surface area contributed by atoms with E-state index in [1.807, 2.05) is 0 Å². The van der Waals surface area contributed by atoms with Gasteiger partial charge in [0, 0.05) is 18.1 Å². The summed E-state index contributed by atoms with van der Waals surface area (Å²) < 4.78 is 0. The smallest absolute Gasteiger partial charge is 0.0360 e. The van der Waals surface area contributed by atoms with Gasteiger partial charge < -0.3 is 5.73 Å². The third-order valence-electron chi connectivity index (χ3n) is 5.49. The molecular formula is C15H30N2. The summed E-state index contributed by atoms with van der Waals surface area (Å²) in [4.78, 5) is 2.74. The summed E-state index contributed by atoms with van der Waals surface area (Å²) in [6, 6.07) is 0.738. The zero-order valence-corrected chi connectivity index (χ0v) is 12.1. The average molecular weight is 238 g/mol. The molecule has 0 aromatic rings. The molecule has 0 aromatic heterocycles. The molecule has 0 bridgehead atoms. The maximum atomic E-state index is 6.22. The minimum absolute atomic E-state index is 0.297. The van der Waals surface area contributed by atoms with Crippen LogP contribution >= 0.6 is 0 Å². The van der Waals surface area contributed by atoms with Gasteiger partial charge in [-0.1, -0.05) is 20.8 Å². The van der Waals surface area contributed by atoms with Crippen molar-refractivity contribution in [1.82, 2.24) is 4.90 Å². The van der Waals surface area contributed by atoms with Gasteiger partial charge in [-0.25, -0.2) is 0 Å². The molecule has 2 aliphatic rings. The molecule has 2 fully saturated rings. The Morgan fingerprint density at radius 2 is 1.94 bits per heavy atom. The Bertz CT molecular complexity index is 274. The summed E-state index contributed by atoms with van der Waals surface area (Å²) in [7, 11) is 0. The van der Waals surface area contributed by atoms with Crippen LogP contribution in [0.15, 0.2) is 0 Å². The van der Waals surface area contributed by atoms with Crippen molar-refractivity contribution in [2.24, 2.45) is 17.1 Å². The molecule has 0 amide bonds. The maximum Gasteiger partial charge on any atom is 0.0360 e. The monoisotopic (exact) mass is 238 g/mol. The molecule has 1 saturated heterocycles. The largest absolute Gasteiger partial charge is 0.329 e. The number of rotatable bonds is 2. The number of likely N-dealkylation sites (tertiary alicyclic amines) is 1. The lowest BCUT2D eigenvalue weighted by molar-refractivity contribution is -0.0263. The highest BCUT2D eigenvalue weighted by Crippen LogP contribution is 2.47. The van der Waals surface area contributed by atoms with Gasteiger partial charge in [0.05, 0.1) is 0 Å². The normalized spacial score (nSPS) is 42.9. The average Bonchev–Trinajstić information content (AvgIpc) is 2.65. The topological polar surface area (TPSA) is 29.3 Å². The summed E-state index contributed by atoms with van der Waals surface area (Å²) in [5.74, 6) is 0.733. The molecule has 3 atom stereocenters. The molecule has 2 nitrogen and oxygen atoms in total. The molecule has 1 saturated carbocycles. The van der Waals surface area contributed by atoms with Crippen LogP contribution in [0.2, 0.25) is 0 Å². The van der Waals surface area contributed by atoms with E-state index in [9.17, 15) is 0 Å². The third kappa shape index (κ3) is 2.26. The first-order valence-electron chi connectivity index (χ1n) is 7.38. The van der Waals surface area contributed by atoms with Gasteiger partial charge in [0.2, 0.25) is 0 Å². The molecule has 100 valence electrons. The molecule has 3 unspecified atom stereocenters. The summed E-state index contributed by atoms with van der Waals surface area (Å²) >= 11 is 0. The van der Waals surface area contributed by atoms with Crippen molar-refractivity contribution in [1.29, 1.82) is 0 Å². The van der Waals surface area contributed by atoms with Crippen molar-refractivity contribution < 1.29 is 0 Å². The molecule has 1 aliphatic heterocycles. The Balaban J connectivity index is 2.20. The second-order valence-corrected chi connectivity index (χ2v) is 7.26. The fraction of sp³-hybridized carbons (Fsp3) is 1.00. The van der Waals surface area contributed by atoms with Gasteiger partial charge in [0.25, 0.3) is 0 Å². The van der Waals surface area contributed by atoms with Gasteiger partial charge in [-0.2, -0.15) is 0 Å². The van der Waals surface area contributed by atoms with Crippen molar-refractivity contribution in [3.8, 4) is 0 Å². The fourth-order valence-corrected chi connectivity index (χ4v) is 4.36. The summed E-state index contributed by atoms with van der Waals surface area (Å²) in [6.07, 6.45) is 6.67. The van der Waals surface area contributed by atoms with Crippen LogP contribution in [-0.2, 0) is 0 Å². The minimum atomic E-state index is 0.297. The highest BCUT2D eigenvalue weighted by atomic mass is 15.3. The van der Waals surface area contributed by atoms with Crippen molar-refractivity contribution >= 4 is 0 Å². The third-order valence-corrected chi connectivity index (χ3v) is 5.49. The zero-order chi connectivity index (χ0) is 12.7. The number of nitrogens with zero attached hydrogens (tertiary/aromatic N) is 1. The maximum absolute atomic E-state index is 6.22. The van der Waals surface area contributed by atoms with Crippen LogP contribution in [0.4, 0.5) is 0 Å². The van der Waals surface area contributed by atoms with Crippen LogP contribution in [0.1, 0.15) is 59.8 Å². The lowest BCUT2D eigenvalue weighted by atomic mass is 9.63. The van der Waals surface area contributed by atoms with Gasteiger partial charge in [-0.05, 0) is 56.9 Å². The predicted molar refractivity (Wildman–Crippen MR) is 74.0 cm³/mol. The molecular weight excluding hydrogens is 208 g/mol. The number of hydrogen-bond donors (Lipinski definition) is 1. The van der Waals surface area contributed by atoms with Gasteiger partial charge in [-0.15, -0.1) is 0 Å². The second-order valence-electron chi connectivity index (χ2n) is 7.26. The van der Waals surface area contributed by atoms with Crippen LogP contribution in [0.25, 0.3) is 0 Å². The lowest BCUT2D eigenvalue weighted by Crippen LogP contribution is -2.61. The van der Waals surface area contributed by atoms with Crippen LogP contribution in [-0.4, -0.2) is 29.6 Å². The number of nitrogens with two attached hydrogens (primary N) is 1. The highest BCUT2D eigenvalue weighted by molar-refractivity contribution is 5.04. The number of hydrogen-bond acceptors (Lipinski definition) is 2. The Morgan fingerprint density at radius 3 is 2.41 bits per heavy atom. The molecule has 0 aromatic carbocycles. The summed E-state index contributed by atoms with van der Waals surface area (Å²) in [5, 5.41) is 0. The SMILES string of the molecule is CC1CCCN1C1(CN)CCC(C)(C)CC1C. The van der Waals surface area contributed by atoms with Crippen molar-refractivity contribution in [3.63, 3.8) is 0 Å². The molecule has 1 aliphatic carbocycles. The summed E-state index contributed by atoms with van der Waals surface area (Å²) in [5.41, 5.74) is 7.03. The minimum Gasteiger partial charge on any atom is -0.329 e. The fourth-order valence-electron chi connectivity index (χ4n) is 4.36. The molecule has 2 rings (SSSR count). The van der Waals surface area contributed by atoms with E-state index in [-0.39, 0.29) is 0 Å². The predicted octanol–water partition coefficient (Wildman–Crippen LogP) is 3.01. The Kier molecular flexibility index (Phi) is 3.57. The molecule has 0 spiro atoms. The van der Waals surface area contributed by atoms with Gasteiger partial charge in [-0.3, -0.25) is 4.90 Å². The quantitative estimate of drug-likeness (QED) is 0.801. The molecule has 0 radical (unpaired) electrons. The van der Waals surface area contributed by atoms with Gasteiger partial charge in [0.1, 0.15) is 0 Å². The van der Waals surface area contributed by atoms with Crippen LogP contribution < -0.4 is 5.73 Å². The van der Waals surface area contributed by atoms with Crippen LogP contribution in [0.5, 0.6) is 0 Å². The van der Waals surface area contributed by atoms with Crippen LogP contribution in [0.3, 0.4) is 0 Å². The van der Waals surface area contributed by atoms with Crippen molar-refractivity contribution in [3.05, 3.63) is 0 Å². The molecule has 1 heterocycles. The van der Waals surface area contributed by atoms with E-state index in [1.165, 1.54) is 38.6 Å². The second kappa shape index (κ2) is 4.55. The van der Waals surface area contributed by atoms with E-state index < -0.39 is 0 Å². The van der Waals surface area contributed by atoms with E-state index in [0.717, 1.165) is 18.5 Å².